The van der Waals surface area contributed by atoms with E-state index in [1.807, 2.05) is 4.90 Å². The largest absolute Gasteiger partial charge is 0.336 e. The molecule has 1 aromatic rings. The Morgan fingerprint density at radius 1 is 1.38 bits per heavy atom. The maximum absolute atomic E-state index is 12.0. The number of nitrogens with zero attached hydrogens (tertiary/aromatic N) is 2. The van der Waals surface area contributed by atoms with Crippen LogP contribution in [-0.4, -0.2) is 42.0 Å². The van der Waals surface area contributed by atoms with E-state index in [0.29, 0.717) is 5.56 Å². The van der Waals surface area contributed by atoms with Gasteiger partial charge in [-0.1, -0.05) is 0 Å². The van der Waals surface area contributed by atoms with E-state index in [1.165, 1.54) is 0 Å². The summed E-state index contributed by atoms with van der Waals surface area (Å²) in [6, 6.07) is 1.80. The van der Waals surface area contributed by atoms with Crippen molar-refractivity contribution in [1.82, 2.24) is 15.2 Å². The molecule has 6 heteroatoms. The number of aromatic nitrogens is 1. The first-order valence-corrected chi connectivity index (χ1v) is 5.67. The summed E-state index contributed by atoms with van der Waals surface area (Å²) in [5.41, 5.74) is 0.645. The molecule has 1 aliphatic rings. The van der Waals surface area contributed by atoms with Gasteiger partial charge in [0.2, 0.25) is 0 Å². The first-order valence-electron chi connectivity index (χ1n) is 4.88. The lowest BCUT2D eigenvalue weighted by molar-refractivity contribution is 0.0735. The number of halogens is 2. The molecular formula is C10H13BrClN3O. The van der Waals surface area contributed by atoms with Crippen LogP contribution in [0, 0.1) is 0 Å². The summed E-state index contributed by atoms with van der Waals surface area (Å²) in [5, 5.41) is 3.21. The van der Waals surface area contributed by atoms with Crippen molar-refractivity contribution in [3.05, 3.63) is 28.5 Å². The predicted molar refractivity (Wildman–Crippen MR) is 68.0 cm³/mol. The molecule has 2 rings (SSSR count). The van der Waals surface area contributed by atoms with Gasteiger partial charge in [0.15, 0.2) is 0 Å². The molecule has 0 unspecified atom stereocenters. The molecule has 1 fully saturated rings. The summed E-state index contributed by atoms with van der Waals surface area (Å²) in [5.74, 6) is 0.0605. The van der Waals surface area contributed by atoms with E-state index < -0.39 is 0 Å². The summed E-state index contributed by atoms with van der Waals surface area (Å²) in [4.78, 5) is 17.8. The Bertz CT molecular complexity index is 369. The normalized spacial score (nSPS) is 15.4. The van der Waals surface area contributed by atoms with Crippen molar-refractivity contribution in [2.24, 2.45) is 0 Å². The monoisotopic (exact) mass is 305 g/mol. The molecule has 2 heterocycles. The fourth-order valence-electron chi connectivity index (χ4n) is 1.58. The van der Waals surface area contributed by atoms with Crippen molar-refractivity contribution < 1.29 is 4.79 Å². The summed E-state index contributed by atoms with van der Waals surface area (Å²) in [6.45, 7) is 3.27. The highest BCUT2D eigenvalue weighted by atomic mass is 79.9. The molecule has 0 aliphatic carbocycles. The lowest BCUT2D eigenvalue weighted by Crippen LogP contribution is -2.46. The molecule has 16 heavy (non-hydrogen) atoms. The molecule has 1 saturated heterocycles. The Labute approximate surface area is 109 Å². The second-order valence-corrected chi connectivity index (χ2v) is 4.35. The quantitative estimate of drug-likeness (QED) is 0.851. The van der Waals surface area contributed by atoms with E-state index in [1.54, 1.807) is 18.5 Å². The van der Waals surface area contributed by atoms with Crippen LogP contribution in [0.25, 0.3) is 0 Å². The van der Waals surface area contributed by atoms with E-state index in [9.17, 15) is 4.79 Å². The van der Waals surface area contributed by atoms with Crippen molar-refractivity contribution in [3.8, 4) is 0 Å². The zero-order chi connectivity index (χ0) is 10.7. The SMILES string of the molecule is Cl.O=C(c1cncc(Br)c1)N1CCNCC1. The van der Waals surface area contributed by atoms with Gasteiger partial charge in [0.25, 0.3) is 5.91 Å². The van der Waals surface area contributed by atoms with Gasteiger partial charge in [-0.2, -0.15) is 0 Å². The molecule has 0 radical (unpaired) electrons. The Balaban J connectivity index is 0.00000128. The highest BCUT2D eigenvalue weighted by molar-refractivity contribution is 9.10. The summed E-state index contributed by atoms with van der Waals surface area (Å²) >= 11 is 3.31. The minimum absolute atomic E-state index is 0. The fourth-order valence-corrected chi connectivity index (χ4v) is 1.94. The number of hydrogen-bond acceptors (Lipinski definition) is 3. The standard InChI is InChI=1S/C10H12BrN3O.ClH/c11-9-5-8(6-13-7-9)10(15)14-3-1-12-2-4-14;/h5-7,12H,1-4H2;1H. The van der Waals surface area contributed by atoms with Crippen molar-refractivity contribution in [2.45, 2.75) is 0 Å². The minimum atomic E-state index is 0. The fraction of sp³-hybridized carbons (Fsp3) is 0.400. The molecule has 88 valence electrons. The third-order valence-electron chi connectivity index (χ3n) is 2.36. The van der Waals surface area contributed by atoms with Crippen molar-refractivity contribution >= 4 is 34.2 Å². The Morgan fingerprint density at radius 3 is 2.69 bits per heavy atom. The average molecular weight is 307 g/mol. The highest BCUT2D eigenvalue weighted by Gasteiger charge is 2.17. The van der Waals surface area contributed by atoms with Crippen molar-refractivity contribution in [3.63, 3.8) is 0 Å². The molecule has 1 amide bonds. The van der Waals surface area contributed by atoms with Crippen LogP contribution in [0.5, 0.6) is 0 Å². The third kappa shape index (κ3) is 3.17. The van der Waals surface area contributed by atoms with Gasteiger partial charge >= 0.3 is 0 Å². The topological polar surface area (TPSA) is 45.2 Å². The van der Waals surface area contributed by atoms with Crippen LogP contribution < -0.4 is 5.32 Å². The summed E-state index contributed by atoms with van der Waals surface area (Å²) in [6.07, 6.45) is 3.28. The minimum Gasteiger partial charge on any atom is -0.336 e. The van der Waals surface area contributed by atoms with Crippen LogP contribution in [0.3, 0.4) is 0 Å². The molecule has 0 bridgehead atoms. The number of rotatable bonds is 1. The second kappa shape index (κ2) is 6.18. The van der Waals surface area contributed by atoms with Gasteiger partial charge in [0.1, 0.15) is 0 Å². The number of hydrogen-bond donors (Lipinski definition) is 1. The molecule has 0 saturated carbocycles. The maximum Gasteiger partial charge on any atom is 0.255 e. The molecule has 4 nitrogen and oxygen atoms in total. The van der Waals surface area contributed by atoms with Gasteiger partial charge in [-0.05, 0) is 22.0 Å². The first kappa shape index (κ1) is 13.4. The number of carbonyl (C=O) groups is 1. The number of pyridine rings is 1. The summed E-state index contributed by atoms with van der Waals surface area (Å²) < 4.78 is 0.837. The van der Waals surface area contributed by atoms with Gasteiger partial charge in [-0.3, -0.25) is 9.78 Å². The molecule has 0 aromatic carbocycles. The summed E-state index contributed by atoms with van der Waals surface area (Å²) in [7, 11) is 0. The van der Waals surface area contributed by atoms with Crippen molar-refractivity contribution in [1.29, 1.82) is 0 Å². The van der Waals surface area contributed by atoms with E-state index in [4.69, 9.17) is 0 Å². The second-order valence-electron chi connectivity index (χ2n) is 3.43. The maximum atomic E-state index is 12.0. The lowest BCUT2D eigenvalue weighted by Gasteiger charge is -2.27. The van der Waals surface area contributed by atoms with Gasteiger partial charge in [0, 0.05) is 43.0 Å². The van der Waals surface area contributed by atoms with E-state index in [2.05, 4.69) is 26.2 Å². The Kier molecular flexibility index (Phi) is 5.18. The average Bonchev–Trinajstić information content (AvgIpc) is 2.29. The first-order chi connectivity index (χ1) is 7.27. The van der Waals surface area contributed by atoms with Crippen molar-refractivity contribution in [2.75, 3.05) is 26.2 Å². The number of piperazine rings is 1. The molecule has 1 aliphatic heterocycles. The molecule has 0 atom stereocenters. The van der Waals surface area contributed by atoms with Gasteiger partial charge in [0.05, 0.1) is 5.56 Å². The van der Waals surface area contributed by atoms with Crippen LogP contribution >= 0.6 is 28.3 Å². The highest BCUT2D eigenvalue weighted by Crippen LogP contribution is 2.11. The number of amides is 1. The van der Waals surface area contributed by atoms with Crippen LogP contribution in [0.1, 0.15) is 10.4 Å². The Morgan fingerprint density at radius 2 is 2.06 bits per heavy atom. The van der Waals surface area contributed by atoms with E-state index in [0.717, 1.165) is 30.7 Å². The van der Waals surface area contributed by atoms with Gasteiger partial charge < -0.3 is 10.2 Å². The molecular weight excluding hydrogens is 293 g/mol. The van der Waals surface area contributed by atoms with Crippen LogP contribution in [0.4, 0.5) is 0 Å². The number of nitrogens with one attached hydrogen (secondary N) is 1. The molecule has 1 aromatic heterocycles. The van der Waals surface area contributed by atoms with E-state index in [-0.39, 0.29) is 18.3 Å². The third-order valence-corrected chi connectivity index (χ3v) is 2.79. The van der Waals surface area contributed by atoms with Crippen LogP contribution in [0.2, 0.25) is 0 Å². The Hall–Kier alpha value is -0.650. The van der Waals surface area contributed by atoms with Crippen LogP contribution in [0.15, 0.2) is 22.9 Å². The lowest BCUT2D eigenvalue weighted by atomic mass is 10.2. The van der Waals surface area contributed by atoms with E-state index >= 15 is 0 Å². The zero-order valence-electron chi connectivity index (χ0n) is 8.65. The predicted octanol–water partition coefficient (Wildman–Crippen LogP) is 1.31. The zero-order valence-corrected chi connectivity index (χ0v) is 11.1. The van der Waals surface area contributed by atoms with Crippen LogP contribution in [-0.2, 0) is 0 Å². The number of carbonyl (C=O) groups excluding carboxylic acids is 1. The smallest absolute Gasteiger partial charge is 0.255 e. The van der Waals surface area contributed by atoms with Gasteiger partial charge in [-0.25, -0.2) is 0 Å². The van der Waals surface area contributed by atoms with Gasteiger partial charge in [-0.15, -0.1) is 12.4 Å². The molecule has 0 spiro atoms. The molecule has 1 N–H and O–H groups in total.